The van der Waals surface area contributed by atoms with Crippen LogP contribution in [0, 0.1) is 6.92 Å². The van der Waals surface area contributed by atoms with Crippen molar-refractivity contribution < 1.29 is 19.3 Å². The molecule has 0 radical (unpaired) electrons. The molecule has 0 spiro atoms. The van der Waals surface area contributed by atoms with Crippen LogP contribution in [0.15, 0.2) is 42.5 Å². The number of nitrogens with one attached hydrogen (secondary N) is 1. The average molecular weight is 450 g/mol. The number of aliphatic hydroxyl groups is 1. The summed E-state index contributed by atoms with van der Waals surface area (Å²) in [6.45, 7) is 3.04. The minimum Gasteiger partial charge on any atom is -0.491 e. The van der Waals surface area contributed by atoms with Crippen LogP contribution in [-0.4, -0.2) is 40.9 Å². The largest absolute Gasteiger partial charge is 0.491 e. The van der Waals surface area contributed by atoms with Crippen LogP contribution in [0.3, 0.4) is 0 Å². The highest BCUT2D eigenvalue weighted by atomic mass is 35.5. The molecular formula is C21H21Cl2N3O4. The molecule has 0 fully saturated rings. The molecule has 7 nitrogen and oxygen atoms in total. The second-order valence-corrected chi connectivity index (χ2v) is 7.65. The van der Waals surface area contributed by atoms with Crippen molar-refractivity contribution in [1.29, 1.82) is 0 Å². The Kier molecular flexibility index (Phi) is 6.34. The van der Waals surface area contributed by atoms with E-state index in [-0.39, 0.29) is 13.4 Å². The van der Waals surface area contributed by atoms with Crippen LogP contribution in [0.2, 0.25) is 10.2 Å². The SMILES string of the molecule is Cc1nn(-c2cccc(Cl)c2)c(Cl)c1CNCC(O)COc1ccc2c(c1)OCO2. The van der Waals surface area contributed by atoms with Crippen molar-refractivity contribution in [3.8, 4) is 22.9 Å². The van der Waals surface area contributed by atoms with Crippen molar-refractivity contribution in [1.82, 2.24) is 15.1 Å². The molecule has 0 amide bonds. The highest BCUT2D eigenvalue weighted by Crippen LogP contribution is 2.35. The monoisotopic (exact) mass is 449 g/mol. The van der Waals surface area contributed by atoms with Gasteiger partial charge < -0.3 is 24.6 Å². The van der Waals surface area contributed by atoms with Gasteiger partial charge in [-0.15, -0.1) is 0 Å². The molecule has 0 aliphatic carbocycles. The maximum Gasteiger partial charge on any atom is 0.231 e. The van der Waals surface area contributed by atoms with Gasteiger partial charge in [-0.3, -0.25) is 0 Å². The lowest BCUT2D eigenvalue weighted by molar-refractivity contribution is 0.106. The summed E-state index contributed by atoms with van der Waals surface area (Å²) in [7, 11) is 0. The Balaban J connectivity index is 1.30. The molecule has 0 saturated heterocycles. The third-order valence-corrected chi connectivity index (χ3v) is 5.27. The number of aromatic nitrogens is 2. The smallest absolute Gasteiger partial charge is 0.231 e. The second kappa shape index (κ2) is 9.14. The van der Waals surface area contributed by atoms with E-state index in [9.17, 15) is 5.11 Å². The molecule has 1 aliphatic heterocycles. The Morgan fingerprint density at radius 1 is 1.20 bits per heavy atom. The van der Waals surface area contributed by atoms with E-state index < -0.39 is 6.10 Å². The second-order valence-electron chi connectivity index (χ2n) is 6.86. The summed E-state index contributed by atoms with van der Waals surface area (Å²) in [6, 6.07) is 12.6. The zero-order valence-electron chi connectivity index (χ0n) is 16.3. The first-order valence-corrected chi connectivity index (χ1v) is 10.2. The number of halogens is 2. The fourth-order valence-corrected chi connectivity index (χ4v) is 3.62. The Morgan fingerprint density at radius 2 is 2.03 bits per heavy atom. The van der Waals surface area contributed by atoms with Gasteiger partial charge in [0.15, 0.2) is 11.5 Å². The van der Waals surface area contributed by atoms with E-state index in [0.717, 1.165) is 16.9 Å². The number of nitrogens with zero attached hydrogens (tertiary/aromatic N) is 2. The van der Waals surface area contributed by atoms with E-state index in [1.54, 1.807) is 35.0 Å². The molecule has 1 aromatic heterocycles. The highest BCUT2D eigenvalue weighted by Gasteiger charge is 2.16. The lowest BCUT2D eigenvalue weighted by Gasteiger charge is -2.13. The van der Waals surface area contributed by atoms with E-state index in [1.165, 1.54) is 0 Å². The molecule has 1 atom stereocenters. The lowest BCUT2D eigenvalue weighted by Crippen LogP contribution is -2.31. The van der Waals surface area contributed by atoms with Crippen LogP contribution in [0.5, 0.6) is 17.2 Å². The predicted octanol–water partition coefficient (Wildman–Crippen LogP) is 3.75. The molecular weight excluding hydrogens is 429 g/mol. The van der Waals surface area contributed by atoms with Gasteiger partial charge in [-0.25, -0.2) is 4.68 Å². The van der Waals surface area contributed by atoms with Gasteiger partial charge in [0.2, 0.25) is 6.79 Å². The summed E-state index contributed by atoms with van der Waals surface area (Å²) in [5, 5.41) is 19.0. The number of hydrogen-bond donors (Lipinski definition) is 2. The van der Waals surface area contributed by atoms with Gasteiger partial charge in [0.25, 0.3) is 0 Å². The summed E-state index contributed by atoms with van der Waals surface area (Å²) in [4.78, 5) is 0. The van der Waals surface area contributed by atoms with E-state index in [4.69, 9.17) is 37.4 Å². The van der Waals surface area contributed by atoms with Crippen LogP contribution in [0.1, 0.15) is 11.3 Å². The molecule has 158 valence electrons. The van der Waals surface area contributed by atoms with Gasteiger partial charge in [-0.05, 0) is 37.3 Å². The Labute approximate surface area is 184 Å². The average Bonchev–Trinajstić information content (AvgIpc) is 3.31. The fraction of sp³-hybridized carbons (Fsp3) is 0.286. The number of aliphatic hydroxyl groups excluding tert-OH is 1. The Hall–Kier alpha value is -2.45. The molecule has 2 aromatic carbocycles. The van der Waals surface area contributed by atoms with Crippen molar-refractivity contribution in [3.63, 3.8) is 0 Å². The number of hydrogen-bond acceptors (Lipinski definition) is 6. The molecule has 3 aromatic rings. The van der Waals surface area contributed by atoms with E-state index in [0.29, 0.717) is 40.5 Å². The van der Waals surface area contributed by atoms with Crippen molar-refractivity contribution in [3.05, 3.63) is 63.9 Å². The number of benzene rings is 2. The van der Waals surface area contributed by atoms with Crippen LogP contribution >= 0.6 is 23.2 Å². The summed E-state index contributed by atoms with van der Waals surface area (Å²) in [5.41, 5.74) is 2.46. The molecule has 1 aliphatic rings. The van der Waals surface area contributed by atoms with Crippen molar-refractivity contribution in [2.45, 2.75) is 19.6 Å². The first-order chi connectivity index (χ1) is 14.5. The van der Waals surface area contributed by atoms with Crippen LogP contribution in [0.25, 0.3) is 5.69 Å². The van der Waals surface area contributed by atoms with Gasteiger partial charge in [0.05, 0.1) is 11.4 Å². The number of aryl methyl sites for hydroxylation is 1. The molecule has 1 unspecified atom stereocenters. The van der Waals surface area contributed by atoms with Crippen LogP contribution in [-0.2, 0) is 6.54 Å². The number of ether oxygens (including phenoxy) is 3. The minimum absolute atomic E-state index is 0.140. The zero-order valence-corrected chi connectivity index (χ0v) is 17.8. The van der Waals surface area contributed by atoms with E-state index in [1.807, 2.05) is 19.1 Å². The third kappa shape index (κ3) is 4.65. The van der Waals surface area contributed by atoms with Gasteiger partial charge in [-0.2, -0.15) is 5.10 Å². The molecule has 4 rings (SSSR count). The first kappa shape index (κ1) is 20.8. The summed E-state index contributed by atoms with van der Waals surface area (Å²) >= 11 is 12.6. The molecule has 0 bridgehead atoms. The normalized spacial score (nSPS) is 13.5. The van der Waals surface area contributed by atoms with Gasteiger partial charge in [0, 0.05) is 29.7 Å². The molecule has 9 heteroatoms. The zero-order chi connectivity index (χ0) is 21.1. The Bertz CT molecular complexity index is 1040. The van der Waals surface area contributed by atoms with Gasteiger partial charge >= 0.3 is 0 Å². The molecule has 2 N–H and O–H groups in total. The lowest BCUT2D eigenvalue weighted by atomic mass is 10.2. The molecule has 0 saturated carbocycles. The highest BCUT2D eigenvalue weighted by molar-refractivity contribution is 6.31. The topological polar surface area (TPSA) is 77.8 Å². The van der Waals surface area contributed by atoms with Crippen LogP contribution in [0.4, 0.5) is 0 Å². The Morgan fingerprint density at radius 3 is 2.87 bits per heavy atom. The first-order valence-electron chi connectivity index (χ1n) is 9.42. The third-order valence-electron chi connectivity index (χ3n) is 4.64. The summed E-state index contributed by atoms with van der Waals surface area (Å²) in [5.74, 6) is 1.94. The number of rotatable bonds is 8. The number of fused-ring (bicyclic) bond motifs is 1. The van der Waals surface area contributed by atoms with Gasteiger partial charge in [0.1, 0.15) is 23.6 Å². The van der Waals surface area contributed by atoms with E-state index >= 15 is 0 Å². The standard InChI is InChI=1S/C21H21Cl2N3O4/c1-13-18(21(23)26(25-13)15-4-2-3-14(22)7-15)10-24-9-16(27)11-28-17-5-6-19-20(8-17)30-12-29-19/h2-8,16,24,27H,9-12H2,1H3. The predicted molar refractivity (Wildman–Crippen MR) is 114 cm³/mol. The van der Waals surface area contributed by atoms with Crippen LogP contribution < -0.4 is 19.5 Å². The maximum atomic E-state index is 10.2. The molecule has 30 heavy (non-hydrogen) atoms. The molecule has 2 heterocycles. The van der Waals surface area contributed by atoms with E-state index in [2.05, 4.69) is 10.4 Å². The van der Waals surface area contributed by atoms with Gasteiger partial charge in [-0.1, -0.05) is 29.3 Å². The fourth-order valence-electron chi connectivity index (χ4n) is 3.09. The maximum absolute atomic E-state index is 10.2. The van der Waals surface area contributed by atoms with Crippen molar-refractivity contribution in [2.24, 2.45) is 0 Å². The minimum atomic E-state index is -0.697. The van der Waals surface area contributed by atoms with Crippen molar-refractivity contribution in [2.75, 3.05) is 19.9 Å². The summed E-state index contributed by atoms with van der Waals surface area (Å²) in [6.07, 6.45) is -0.697. The quantitative estimate of drug-likeness (QED) is 0.545. The summed E-state index contributed by atoms with van der Waals surface area (Å²) < 4.78 is 17.9. The van der Waals surface area contributed by atoms with Crippen molar-refractivity contribution >= 4 is 23.2 Å².